The molecule has 0 aliphatic heterocycles. The zero-order valence-corrected chi connectivity index (χ0v) is 15.5. The molecule has 2 aromatic rings. The van der Waals surface area contributed by atoms with Crippen LogP contribution in [-0.4, -0.2) is 38.5 Å². The molecule has 8 nitrogen and oxygen atoms in total. The van der Waals surface area contributed by atoms with Crippen molar-refractivity contribution in [3.8, 4) is 11.6 Å². The summed E-state index contributed by atoms with van der Waals surface area (Å²) in [5, 5.41) is 24.2. The van der Waals surface area contributed by atoms with Gasteiger partial charge in [-0.05, 0) is 23.6 Å². The lowest BCUT2D eigenvalue weighted by Crippen LogP contribution is -2.30. The van der Waals surface area contributed by atoms with Gasteiger partial charge in [-0.15, -0.1) is 0 Å². The predicted molar refractivity (Wildman–Crippen MR) is 95.1 cm³/mol. The summed E-state index contributed by atoms with van der Waals surface area (Å²) in [4.78, 5) is 31.4. The Morgan fingerprint density at radius 3 is 2.41 bits per heavy atom. The number of rotatable bonds is 6. The Bertz CT molecular complexity index is 916. The van der Waals surface area contributed by atoms with Crippen LogP contribution >= 0.6 is 0 Å². The zero-order chi connectivity index (χ0) is 21.8. The minimum absolute atomic E-state index is 0.103. The first-order valence-electron chi connectivity index (χ1n) is 8.51. The number of amides is 2. The molecule has 1 aromatic heterocycles. The second kappa shape index (κ2) is 8.76. The van der Waals surface area contributed by atoms with Crippen LogP contribution in [0.15, 0.2) is 24.3 Å². The van der Waals surface area contributed by atoms with Crippen molar-refractivity contribution in [1.82, 2.24) is 20.6 Å². The van der Waals surface area contributed by atoms with Gasteiger partial charge < -0.3 is 20.8 Å². The SMILES string of the molecule is CC(C)CNC(=O)c1nc(C(=O)NCc2cccc(C(F)(F)F)c2)nc(O)c1O. The van der Waals surface area contributed by atoms with E-state index in [1.54, 1.807) is 0 Å². The van der Waals surface area contributed by atoms with Crippen LogP contribution in [-0.2, 0) is 12.7 Å². The third-order valence-corrected chi connectivity index (χ3v) is 3.66. The molecule has 1 heterocycles. The average molecular weight is 412 g/mol. The molecule has 1 aromatic carbocycles. The minimum Gasteiger partial charge on any atom is -0.501 e. The van der Waals surface area contributed by atoms with Gasteiger partial charge in [0.25, 0.3) is 17.7 Å². The Kier molecular flexibility index (Phi) is 6.62. The fourth-order valence-corrected chi connectivity index (χ4v) is 2.20. The number of hydrogen-bond donors (Lipinski definition) is 4. The van der Waals surface area contributed by atoms with Crippen molar-refractivity contribution in [1.29, 1.82) is 0 Å². The van der Waals surface area contributed by atoms with Gasteiger partial charge in [-0.25, -0.2) is 4.98 Å². The van der Waals surface area contributed by atoms with E-state index < -0.39 is 46.7 Å². The summed E-state index contributed by atoms with van der Waals surface area (Å²) in [6, 6.07) is 4.36. The van der Waals surface area contributed by atoms with Crippen molar-refractivity contribution in [2.45, 2.75) is 26.6 Å². The summed E-state index contributed by atoms with van der Waals surface area (Å²) in [7, 11) is 0. The summed E-state index contributed by atoms with van der Waals surface area (Å²) in [5.41, 5.74) is -1.29. The van der Waals surface area contributed by atoms with Gasteiger partial charge >= 0.3 is 6.18 Å². The van der Waals surface area contributed by atoms with Crippen LogP contribution in [0.25, 0.3) is 0 Å². The summed E-state index contributed by atoms with van der Waals surface area (Å²) in [6.45, 7) is 3.66. The monoisotopic (exact) mass is 412 g/mol. The Morgan fingerprint density at radius 1 is 1.10 bits per heavy atom. The number of benzene rings is 1. The van der Waals surface area contributed by atoms with Crippen molar-refractivity contribution in [3.63, 3.8) is 0 Å². The summed E-state index contributed by atoms with van der Waals surface area (Å²) in [5.74, 6) is -4.15. The first kappa shape index (κ1) is 21.9. The Labute approximate surface area is 163 Å². The summed E-state index contributed by atoms with van der Waals surface area (Å²) >= 11 is 0. The number of aromatic hydroxyl groups is 2. The molecule has 0 fully saturated rings. The van der Waals surface area contributed by atoms with Crippen molar-refractivity contribution < 1.29 is 33.0 Å². The lowest BCUT2D eigenvalue weighted by Gasteiger charge is -2.11. The molecule has 2 amide bonds. The lowest BCUT2D eigenvalue weighted by atomic mass is 10.1. The van der Waals surface area contributed by atoms with Gasteiger partial charge in [0, 0.05) is 13.1 Å². The number of hydrogen-bond acceptors (Lipinski definition) is 6. The molecular weight excluding hydrogens is 393 g/mol. The number of aromatic nitrogens is 2. The highest BCUT2D eigenvalue weighted by atomic mass is 19.4. The van der Waals surface area contributed by atoms with E-state index in [0.29, 0.717) is 0 Å². The Balaban J connectivity index is 2.16. The van der Waals surface area contributed by atoms with Crippen molar-refractivity contribution in [2.75, 3.05) is 6.54 Å². The van der Waals surface area contributed by atoms with Gasteiger partial charge in [0.15, 0.2) is 5.69 Å². The molecule has 0 aliphatic carbocycles. The molecule has 0 unspecified atom stereocenters. The number of nitrogens with zero attached hydrogens (tertiary/aromatic N) is 2. The molecule has 0 radical (unpaired) electrons. The molecule has 0 atom stereocenters. The maximum Gasteiger partial charge on any atom is 0.416 e. The highest BCUT2D eigenvalue weighted by Crippen LogP contribution is 2.29. The van der Waals surface area contributed by atoms with E-state index >= 15 is 0 Å². The minimum atomic E-state index is -4.52. The number of halogens is 3. The van der Waals surface area contributed by atoms with Gasteiger partial charge in [0.2, 0.25) is 11.6 Å². The van der Waals surface area contributed by atoms with E-state index in [0.717, 1.165) is 12.1 Å². The third-order valence-electron chi connectivity index (χ3n) is 3.66. The highest BCUT2D eigenvalue weighted by molar-refractivity contribution is 5.97. The van der Waals surface area contributed by atoms with E-state index in [4.69, 9.17) is 0 Å². The van der Waals surface area contributed by atoms with Crippen LogP contribution < -0.4 is 10.6 Å². The maximum absolute atomic E-state index is 12.7. The smallest absolute Gasteiger partial charge is 0.416 e. The molecule has 0 saturated heterocycles. The van der Waals surface area contributed by atoms with Gasteiger partial charge in [-0.2, -0.15) is 18.2 Å². The third kappa shape index (κ3) is 5.80. The van der Waals surface area contributed by atoms with E-state index in [1.807, 2.05) is 13.8 Å². The molecule has 29 heavy (non-hydrogen) atoms. The van der Waals surface area contributed by atoms with E-state index in [2.05, 4.69) is 20.6 Å². The predicted octanol–water partition coefficient (Wildman–Crippen LogP) is 2.22. The normalized spacial score (nSPS) is 11.4. The molecule has 0 aliphatic rings. The second-order valence-electron chi connectivity index (χ2n) is 6.55. The second-order valence-corrected chi connectivity index (χ2v) is 6.55. The Morgan fingerprint density at radius 2 is 1.79 bits per heavy atom. The van der Waals surface area contributed by atoms with Gasteiger partial charge in [-0.1, -0.05) is 26.0 Å². The summed E-state index contributed by atoms with van der Waals surface area (Å²) in [6.07, 6.45) is -4.52. The van der Waals surface area contributed by atoms with Crippen LogP contribution in [0.2, 0.25) is 0 Å². The molecule has 156 valence electrons. The first-order valence-corrected chi connectivity index (χ1v) is 8.51. The molecule has 4 N–H and O–H groups in total. The van der Waals surface area contributed by atoms with Gasteiger partial charge in [0.05, 0.1) is 5.56 Å². The quantitative estimate of drug-likeness (QED) is 0.577. The van der Waals surface area contributed by atoms with Crippen molar-refractivity contribution in [3.05, 3.63) is 46.9 Å². The number of carbonyl (C=O) groups is 2. The zero-order valence-electron chi connectivity index (χ0n) is 15.5. The molecular formula is C18H19F3N4O4. The molecule has 2 rings (SSSR count). The number of alkyl halides is 3. The Hall–Kier alpha value is -3.37. The standard InChI is InChI=1S/C18H19F3N4O4/c1-9(2)7-22-15(27)12-13(26)16(28)25-14(24-12)17(29)23-8-10-4-3-5-11(6-10)18(19,20)21/h3-6,9,26H,7-8H2,1-2H3,(H,22,27)(H,23,29)(H,24,25,28). The largest absolute Gasteiger partial charge is 0.501 e. The van der Waals surface area contributed by atoms with Crippen molar-refractivity contribution >= 4 is 11.8 Å². The van der Waals surface area contributed by atoms with Crippen LogP contribution in [0.5, 0.6) is 11.6 Å². The van der Waals surface area contributed by atoms with Crippen molar-refractivity contribution in [2.24, 2.45) is 5.92 Å². The van der Waals surface area contributed by atoms with Crippen LogP contribution in [0, 0.1) is 5.92 Å². The first-order chi connectivity index (χ1) is 13.5. The van der Waals surface area contributed by atoms with Gasteiger partial charge in [-0.3, -0.25) is 9.59 Å². The molecule has 0 bridgehead atoms. The topological polar surface area (TPSA) is 124 Å². The fourth-order valence-electron chi connectivity index (χ4n) is 2.20. The maximum atomic E-state index is 12.7. The van der Waals surface area contributed by atoms with Gasteiger partial charge in [0.1, 0.15) is 0 Å². The lowest BCUT2D eigenvalue weighted by molar-refractivity contribution is -0.137. The van der Waals surface area contributed by atoms with Crippen LogP contribution in [0.4, 0.5) is 13.2 Å². The van der Waals surface area contributed by atoms with E-state index in [9.17, 15) is 33.0 Å². The van der Waals surface area contributed by atoms with E-state index in [1.165, 1.54) is 12.1 Å². The van der Waals surface area contributed by atoms with Crippen LogP contribution in [0.3, 0.4) is 0 Å². The number of carbonyl (C=O) groups excluding carboxylic acids is 2. The molecule has 0 saturated carbocycles. The number of nitrogens with one attached hydrogen (secondary N) is 2. The fraction of sp³-hybridized carbons (Fsp3) is 0.333. The van der Waals surface area contributed by atoms with Crippen LogP contribution in [0.1, 0.15) is 46.1 Å². The van der Waals surface area contributed by atoms with E-state index in [-0.39, 0.29) is 24.6 Å². The summed E-state index contributed by atoms with van der Waals surface area (Å²) < 4.78 is 38.2. The molecule has 0 spiro atoms. The average Bonchev–Trinajstić information content (AvgIpc) is 2.65. The highest BCUT2D eigenvalue weighted by Gasteiger charge is 2.30. The molecule has 11 heteroatoms.